The van der Waals surface area contributed by atoms with Crippen molar-refractivity contribution in [3.8, 4) is 0 Å². The van der Waals surface area contributed by atoms with Gasteiger partial charge in [-0.05, 0) is 45.2 Å². The van der Waals surface area contributed by atoms with Crippen LogP contribution in [0.5, 0.6) is 0 Å². The van der Waals surface area contributed by atoms with Gasteiger partial charge >= 0.3 is 0 Å². The lowest BCUT2D eigenvalue weighted by Crippen LogP contribution is -2.69. The van der Waals surface area contributed by atoms with E-state index >= 15 is 0 Å². The normalized spacial score (nSPS) is 35.3. The van der Waals surface area contributed by atoms with E-state index in [1.54, 1.807) is 4.90 Å². The zero-order chi connectivity index (χ0) is 17.3. The number of nitrogens with zero attached hydrogens (tertiary/aromatic N) is 2. The van der Waals surface area contributed by atoms with E-state index in [0.29, 0.717) is 18.1 Å². The van der Waals surface area contributed by atoms with Crippen molar-refractivity contribution in [3.05, 3.63) is 0 Å². The van der Waals surface area contributed by atoms with Gasteiger partial charge < -0.3 is 15.0 Å². The molecule has 24 heavy (non-hydrogen) atoms. The Labute approximate surface area is 147 Å². The van der Waals surface area contributed by atoms with Crippen molar-refractivity contribution in [2.45, 2.75) is 64.1 Å². The van der Waals surface area contributed by atoms with Crippen LogP contribution in [-0.4, -0.2) is 74.2 Å². The highest BCUT2D eigenvalue weighted by atomic mass is 16.5. The number of hydrogen-bond acceptors (Lipinski definition) is 4. The van der Waals surface area contributed by atoms with Gasteiger partial charge in [0.15, 0.2) is 0 Å². The third kappa shape index (κ3) is 3.35. The first-order valence-corrected chi connectivity index (χ1v) is 9.73. The molecule has 0 aromatic heterocycles. The molecule has 2 aliphatic heterocycles. The van der Waals surface area contributed by atoms with Gasteiger partial charge in [-0.25, -0.2) is 0 Å². The SMILES string of the molecule is CN(C)C(=O)C1CCCN1CCCNC1C2CCCOC2C1(C)C. The highest BCUT2D eigenvalue weighted by Crippen LogP contribution is 2.51. The van der Waals surface area contributed by atoms with Crippen LogP contribution in [0.15, 0.2) is 0 Å². The Morgan fingerprint density at radius 2 is 2.08 bits per heavy atom. The molecule has 5 heteroatoms. The predicted molar refractivity (Wildman–Crippen MR) is 95.9 cm³/mol. The molecule has 0 spiro atoms. The third-order valence-corrected chi connectivity index (χ3v) is 6.41. The monoisotopic (exact) mass is 337 g/mol. The molecule has 1 saturated carbocycles. The van der Waals surface area contributed by atoms with Gasteiger partial charge in [0.1, 0.15) is 0 Å². The Bertz CT molecular complexity index is 452. The first-order valence-electron chi connectivity index (χ1n) is 9.73. The molecule has 1 aliphatic carbocycles. The minimum absolute atomic E-state index is 0.108. The highest BCUT2D eigenvalue weighted by Gasteiger charge is 2.57. The van der Waals surface area contributed by atoms with E-state index in [0.717, 1.165) is 45.5 Å². The molecule has 0 aromatic rings. The summed E-state index contributed by atoms with van der Waals surface area (Å²) in [7, 11) is 3.73. The number of nitrogens with one attached hydrogen (secondary N) is 1. The van der Waals surface area contributed by atoms with E-state index < -0.39 is 0 Å². The maximum atomic E-state index is 12.2. The fourth-order valence-electron chi connectivity index (χ4n) is 5.15. The van der Waals surface area contributed by atoms with Gasteiger partial charge in [0.05, 0.1) is 12.1 Å². The van der Waals surface area contributed by atoms with E-state index in [2.05, 4.69) is 24.1 Å². The van der Waals surface area contributed by atoms with E-state index in [9.17, 15) is 4.79 Å². The summed E-state index contributed by atoms with van der Waals surface area (Å²) in [6.45, 7) is 8.74. The van der Waals surface area contributed by atoms with Crippen molar-refractivity contribution >= 4 is 5.91 Å². The molecule has 0 aromatic carbocycles. The van der Waals surface area contributed by atoms with E-state index in [1.165, 1.54) is 12.8 Å². The Balaban J connectivity index is 1.41. The summed E-state index contributed by atoms with van der Waals surface area (Å²) in [6, 6.07) is 0.692. The van der Waals surface area contributed by atoms with Crippen molar-refractivity contribution in [2.75, 3.05) is 40.3 Å². The maximum Gasteiger partial charge on any atom is 0.239 e. The third-order valence-electron chi connectivity index (χ3n) is 6.41. The predicted octanol–water partition coefficient (Wildman–Crippen LogP) is 1.72. The zero-order valence-electron chi connectivity index (χ0n) is 15.9. The van der Waals surface area contributed by atoms with Crippen LogP contribution in [0.3, 0.4) is 0 Å². The molecule has 3 aliphatic rings. The summed E-state index contributed by atoms with van der Waals surface area (Å²) >= 11 is 0. The lowest BCUT2D eigenvalue weighted by atomic mass is 9.55. The molecule has 4 unspecified atom stereocenters. The second-order valence-corrected chi connectivity index (χ2v) is 8.63. The first kappa shape index (κ1) is 18.2. The second kappa shape index (κ2) is 7.30. The average molecular weight is 338 g/mol. The molecule has 0 radical (unpaired) electrons. The number of rotatable bonds is 6. The Kier molecular flexibility index (Phi) is 5.52. The lowest BCUT2D eigenvalue weighted by Gasteiger charge is -2.60. The van der Waals surface area contributed by atoms with Gasteiger partial charge in [0.2, 0.25) is 5.91 Å². The van der Waals surface area contributed by atoms with Crippen LogP contribution < -0.4 is 5.32 Å². The number of amides is 1. The molecule has 2 saturated heterocycles. The molecule has 5 nitrogen and oxygen atoms in total. The fraction of sp³-hybridized carbons (Fsp3) is 0.947. The Hall–Kier alpha value is -0.650. The molecule has 1 amide bonds. The van der Waals surface area contributed by atoms with Crippen LogP contribution >= 0.6 is 0 Å². The van der Waals surface area contributed by atoms with Crippen molar-refractivity contribution < 1.29 is 9.53 Å². The molecule has 0 bridgehead atoms. The zero-order valence-corrected chi connectivity index (χ0v) is 15.9. The molecular formula is C19H35N3O2. The second-order valence-electron chi connectivity index (χ2n) is 8.63. The lowest BCUT2D eigenvalue weighted by molar-refractivity contribution is -0.192. The number of carbonyl (C=O) groups is 1. The summed E-state index contributed by atoms with van der Waals surface area (Å²) in [5, 5.41) is 3.80. The molecule has 4 atom stereocenters. The Morgan fingerprint density at radius 3 is 2.83 bits per heavy atom. The summed E-state index contributed by atoms with van der Waals surface area (Å²) in [5.74, 6) is 0.964. The maximum absolute atomic E-state index is 12.2. The first-order chi connectivity index (χ1) is 11.4. The molecular weight excluding hydrogens is 302 g/mol. The standard InChI is InChI=1S/C19H35N3O2/c1-19(2)16(14-8-6-13-24-17(14)19)20-10-7-12-22-11-5-9-15(22)18(23)21(3)4/h14-17,20H,5-13H2,1-4H3. The summed E-state index contributed by atoms with van der Waals surface area (Å²) in [6.07, 6.45) is 6.23. The minimum atomic E-state index is 0.108. The van der Waals surface area contributed by atoms with Crippen LogP contribution in [0.4, 0.5) is 0 Å². The van der Waals surface area contributed by atoms with E-state index in [-0.39, 0.29) is 17.4 Å². The van der Waals surface area contributed by atoms with E-state index in [4.69, 9.17) is 4.74 Å². The minimum Gasteiger partial charge on any atom is -0.377 e. The quantitative estimate of drug-likeness (QED) is 0.750. The summed E-state index contributed by atoms with van der Waals surface area (Å²) in [4.78, 5) is 16.4. The number of likely N-dealkylation sites (tertiary alicyclic amines) is 1. The van der Waals surface area contributed by atoms with Crippen molar-refractivity contribution in [1.29, 1.82) is 0 Å². The van der Waals surface area contributed by atoms with Gasteiger partial charge in [-0.15, -0.1) is 0 Å². The van der Waals surface area contributed by atoms with E-state index in [1.807, 2.05) is 14.1 Å². The van der Waals surface area contributed by atoms with Gasteiger partial charge in [0.25, 0.3) is 0 Å². The average Bonchev–Trinajstić information content (AvgIpc) is 3.02. The number of hydrogen-bond donors (Lipinski definition) is 1. The molecule has 138 valence electrons. The fourth-order valence-corrected chi connectivity index (χ4v) is 5.15. The number of fused-ring (bicyclic) bond motifs is 1. The largest absolute Gasteiger partial charge is 0.377 e. The molecule has 2 heterocycles. The van der Waals surface area contributed by atoms with Gasteiger partial charge in [-0.2, -0.15) is 0 Å². The van der Waals surface area contributed by atoms with Crippen LogP contribution in [0.2, 0.25) is 0 Å². The molecule has 3 fully saturated rings. The van der Waals surface area contributed by atoms with Crippen molar-refractivity contribution in [1.82, 2.24) is 15.1 Å². The Morgan fingerprint density at radius 1 is 1.29 bits per heavy atom. The molecule has 1 N–H and O–H groups in total. The van der Waals surface area contributed by atoms with Crippen molar-refractivity contribution in [3.63, 3.8) is 0 Å². The van der Waals surface area contributed by atoms with Gasteiger partial charge in [-0.3, -0.25) is 9.69 Å². The topological polar surface area (TPSA) is 44.8 Å². The summed E-state index contributed by atoms with van der Waals surface area (Å²) < 4.78 is 5.98. The number of ether oxygens (including phenoxy) is 1. The molecule has 3 rings (SSSR count). The number of carbonyl (C=O) groups excluding carboxylic acids is 1. The van der Waals surface area contributed by atoms with Gasteiger partial charge in [0, 0.05) is 44.6 Å². The smallest absolute Gasteiger partial charge is 0.239 e. The van der Waals surface area contributed by atoms with Gasteiger partial charge in [-0.1, -0.05) is 13.8 Å². The van der Waals surface area contributed by atoms with Crippen LogP contribution in [-0.2, 0) is 9.53 Å². The summed E-state index contributed by atoms with van der Waals surface area (Å²) in [5.41, 5.74) is 0.252. The van der Waals surface area contributed by atoms with Crippen molar-refractivity contribution in [2.24, 2.45) is 11.3 Å². The van der Waals surface area contributed by atoms with Crippen LogP contribution in [0, 0.1) is 11.3 Å². The van der Waals surface area contributed by atoms with Crippen LogP contribution in [0.1, 0.15) is 46.0 Å². The number of likely N-dealkylation sites (N-methyl/N-ethyl adjacent to an activating group) is 1. The van der Waals surface area contributed by atoms with Crippen LogP contribution in [0.25, 0.3) is 0 Å². The highest BCUT2D eigenvalue weighted by molar-refractivity contribution is 5.81.